The molecule has 0 bridgehead atoms. The summed E-state index contributed by atoms with van der Waals surface area (Å²) in [5, 5.41) is 4.27. The summed E-state index contributed by atoms with van der Waals surface area (Å²) >= 11 is 2.97. The average Bonchev–Trinajstić information content (AvgIpc) is 3.38. The molecule has 2 fully saturated rings. The third-order valence-electron chi connectivity index (χ3n) is 6.44. The van der Waals surface area contributed by atoms with Crippen molar-refractivity contribution in [1.29, 1.82) is 0 Å². The van der Waals surface area contributed by atoms with Crippen molar-refractivity contribution in [1.82, 2.24) is 14.9 Å². The van der Waals surface area contributed by atoms with E-state index in [1.54, 1.807) is 15.9 Å². The molecule has 8 heteroatoms. The molecule has 1 aliphatic carbocycles. The number of ether oxygens (including phenoxy) is 1. The summed E-state index contributed by atoms with van der Waals surface area (Å²) in [5.41, 5.74) is 1.10. The van der Waals surface area contributed by atoms with Crippen molar-refractivity contribution in [2.24, 2.45) is 0 Å². The Labute approximate surface area is 192 Å². The number of thioether (sulfide) groups is 1. The molecule has 0 spiro atoms. The average molecular weight is 464 g/mol. The predicted octanol–water partition coefficient (Wildman–Crippen LogP) is 4.44. The second-order valence-electron chi connectivity index (χ2n) is 8.72. The van der Waals surface area contributed by atoms with Gasteiger partial charge in [0.2, 0.25) is 5.91 Å². The normalized spacial score (nSPS) is 20.9. The number of aromatic nitrogens is 2. The van der Waals surface area contributed by atoms with Crippen LogP contribution in [0.5, 0.6) is 0 Å². The smallest absolute Gasteiger partial charge is 0.263 e. The van der Waals surface area contributed by atoms with Gasteiger partial charge in [0.05, 0.1) is 23.3 Å². The molecular weight excluding hydrogens is 430 g/mol. The lowest BCUT2D eigenvalue weighted by Gasteiger charge is -2.24. The molecule has 6 nitrogen and oxygen atoms in total. The fraction of sp³-hybridized carbons (Fsp3) is 0.696. The first-order valence-corrected chi connectivity index (χ1v) is 13.3. The topological polar surface area (TPSA) is 73.2 Å². The van der Waals surface area contributed by atoms with Gasteiger partial charge in [-0.25, -0.2) is 4.98 Å². The minimum Gasteiger partial charge on any atom is -0.376 e. The van der Waals surface area contributed by atoms with Gasteiger partial charge < -0.3 is 10.1 Å². The molecule has 1 N–H and O–H groups in total. The molecule has 3 heterocycles. The molecular formula is C23H33N3O3S2. The lowest BCUT2D eigenvalue weighted by molar-refractivity contribution is -0.121. The van der Waals surface area contributed by atoms with E-state index in [9.17, 15) is 9.59 Å². The number of carbonyl (C=O) groups is 1. The zero-order valence-electron chi connectivity index (χ0n) is 18.7. The van der Waals surface area contributed by atoms with Gasteiger partial charge in [-0.2, -0.15) is 0 Å². The van der Waals surface area contributed by atoms with Crippen LogP contribution in [0.3, 0.4) is 0 Å². The third kappa shape index (κ3) is 5.01. The maximum absolute atomic E-state index is 13.6. The summed E-state index contributed by atoms with van der Waals surface area (Å²) in [6.45, 7) is 7.29. The fourth-order valence-corrected chi connectivity index (χ4v) is 6.76. The quantitative estimate of drug-likeness (QED) is 0.485. The van der Waals surface area contributed by atoms with E-state index >= 15 is 0 Å². The first-order valence-electron chi connectivity index (χ1n) is 11.6. The van der Waals surface area contributed by atoms with Crippen LogP contribution in [0.1, 0.15) is 69.2 Å². The Bertz CT molecular complexity index is 988. The summed E-state index contributed by atoms with van der Waals surface area (Å²) in [6, 6.07) is 0.279. The number of carbonyl (C=O) groups excluding carboxylic acids is 1. The van der Waals surface area contributed by atoms with Crippen molar-refractivity contribution in [3.63, 3.8) is 0 Å². The van der Waals surface area contributed by atoms with E-state index in [0.717, 1.165) is 59.4 Å². The fourth-order valence-electron chi connectivity index (χ4n) is 4.68. The van der Waals surface area contributed by atoms with Crippen LogP contribution in [0.2, 0.25) is 0 Å². The van der Waals surface area contributed by atoms with E-state index in [1.165, 1.54) is 31.0 Å². The minimum absolute atomic E-state index is 0.00379. The molecule has 170 valence electrons. The highest BCUT2D eigenvalue weighted by Gasteiger charge is 2.26. The van der Waals surface area contributed by atoms with Crippen molar-refractivity contribution in [3.8, 4) is 0 Å². The summed E-state index contributed by atoms with van der Waals surface area (Å²) < 4.78 is 7.58. The number of hydrogen-bond donors (Lipinski definition) is 1. The van der Waals surface area contributed by atoms with E-state index < -0.39 is 0 Å². The molecule has 2 aliphatic rings. The van der Waals surface area contributed by atoms with Crippen molar-refractivity contribution in [3.05, 3.63) is 20.8 Å². The van der Waals surface area contributed by atoms with E-state index in [1.807, 2.05) is 6.92 Å². The molecule has 0 radical (unpaired) electrons. The maximum atomic E-state index is 13.6. The summed E-state index contributed by atoms with van der Waals surface area (Å²) in [5.74, 6) is 0.0338. The zero-order valence-corrected chi connectivity index (χ0v) is 20.4. The molecule has 2 aromatic rings. The number of amides is 1. The molecule has 0 unspecified atom stereocenters. The molecule has 0 aromatic carbocycles. The number of hydrogen-bond acceptors (Lipinski definition) is 6. The molecule has 1 aliphatic heterocycles. The van der Waals surface area contributed by atoms with Crippen LogP contribution in [0.25, 0.3) is 10.2 Å². The van der Waals surface area contributed by atoms with Gasteiger partial charge in [-0.3, -0.25) is 14.2 Å². The van der Waals surface area contributed by atoms with Crippen LogP contribution in [0.4, 0.5) is 0 Å². The summed E-state index contributed by atoms with van der Waals surface area (Å²) in [4.78, 5) is 33.2. The van der Waals surface area contributed by atoms with E-state index in [0.29, 0.717) is 11.7 Å². The van der Waals surface area contributed by atoms with Gasteiger partial charge in [0.15, 0.2) is 5.16 Å². The second-order valence-corrected chi connectivity index (χ2v) is 11.2. The Kier molecular flexibility index (Phi) is 7.39. The molecule has 31 heavy (non-hydrogen) atoms. The van der Waals surface area contributed by atoms with Crippen molar-refractivity contribution < 1.29 is 9.53 Å². The van der Waals surface area contributed by atoms with E-state index in [2.05, 4.69) is 19.2 Å². The minimum atomic E-state index is -0.311. The highest BCUT2D eigenvalue weighted by atomic mass is 32.2. The van der Waals surface area contributed by atoms with E-state index in [4.69, 9.17) is 9.72 Å². The van der Waals surface area contributed by atoms with Gasteiger partial charge in [0, 0.05) is 17.5 Å². The second kappa shape index (κ2) is 10.0. The number of thiophene rings is 1. The van der Waals surface area contributed by atoms with Crippen LogP contribution >= 0.6 is 23.1 Å². The molecule has 4 rings (SSSR count). The molecule has 2 atom stereocenters. The first-order chi connectivity index (χ1) is 15.0. The highest BCUT2D eigenvalue weighted by Crippen LogP contribution is 2.31. The lowest BCUT2D eigenvalue weighted by atomic mass is 9.95. The Balaban J connectivity index is 1.62. The first kappa shape index (κ1) is 22.8. The number of nitrogens with zero attached hydrogens (tertiary/aromatic N) is 2. The Morgan fingerprint density at radius 3 is 2.74 bits per heavy atom. The van der Waals surface area contributed by atoms with Gasteiger partial charge >= 0.3 is 0 Å². The third-order valence-corrected chi connectivity index (χ3v) is 8.58. The van der Waals surface area contributed by atoms with Crippen molar-refractivity contribution in [2.75, 3.05) is 6.61 Å². The molecule has 1 amide bonds. The number of nitrogens with one attached hydrogen (secondary N) is 1. The molecule has 1 saturated carbocycles. The van der Waals surface area contributed by atoms with Crippen LogP contribution in [0.15, 0.2) is 9.95 Å². The van der Waals surface area contributed by atoms with Crippen LogP contribution in [-0.2, 0) is 22.5 Å². The SMILES string of the molecule is CCc1c(C)sc2nc(S[C@@H](C)C(=O)NC3CCCCC3)n(C[C@H]3CCCO3)c(=O)c12. The van der Waals surface area contributed by atoms with Crippen LogP contribution in [-0.4, -0.2) is 39.5 Å². The predicted molar refractivity (Wildman–Crippen MR) is 127 cm³/mol. The Morgan fingerprint density at radius 2 is 2.06 bits per heavy atom. The molecule has 1 saturated heterocycles. The van der Waals surface area contributed by atoms with Crippen molar-refractivity contribution in [2.45, 2.75) is 101 Å². The maximum Gasteiger partial charge on any atom is 0.263 e. The standard InChI is InChI=1S/C23H33N3O3S2/c1-4-18-14(2)30-21-19(18)22(28)26(13-17-11-8-12-29-17)23(25-21)31-15(3)20(27)24-16-9-6-5-7-10-16/h15-17H,4-13H2,1-3H3,(H,24,27)/t15-,17+/m0/s1. The molecule has 2 aromatic heterocycles. The monoisotopic (exact) mass is 463 g/mol. The summed E-state index contributed by atoms with van der Waals surface area (Å²) in [6.07, 6.45) is 8.58. The van der Waals surface area contributed by atoms with Crippen molar-refractivity contribution >= 4 is 39.2 Å². The highest BCUT2D eigenvalue weighted by molar-refractivity contribution is 8.00. The zero-order chi connectivity index (χ0) is 22.0. The van der Waals surface area contributed by atoms with Crippen LogP contribution < -0.4 is 10.9 Å². The van der Waals surface area contributed by atoms with Gasteiger partial charge in [-0.1, -0.05) is 37.9 Å². The number of rotatable bonds is 7. The van der Waals surface area contributed by atoms with Gasteiger partial charge in [0.1, 0.15) is 4.83 Å². The lowest BCUT2D eigenvalue weighted by Crippen LogP contribution is -2.40. The Hall–Kier alpha value is -1.38. The van der Waals surface area contributed by atoms with Gasteiger partial charge in [0.25, 0.3) is 5.56 Å². The van der Waals surface area contributed by atoms with Gasteiger partial charge in [-0.15, -0.1) is 11.3 Å². The van der Waals surface area contributed by atoms with Crippen LogP contribution in [0, 0.1) is 6.92 Å². The van der Waals surface area contributed by atoms with Gasteiger partial charge in [-0.05, 0) is 51.5 Å². The summed E-state index contributed by atoms with van der Waals surface area (Å²) in [7, 11) is 0. The van der Waals surface area contributed by atoms with E-state index in [-0.39, 0.29) is 28.9 Å². The Morgan fingerprint density at radius 1 is 1.29 bits per heavy atom. The number of aryl methyl sites for hydroxylation is 2. The number of fused-ring (bicyclic) bond motifs is 1. The largest absolute Gasteiger partial charge is 0.376 e.